The van der Waals surface area contributed by atoms with Crippen LogP contribution in [0, 0.1) is 6.92 Å². The number of carbonyl (C=O) groups excluding carboxylic acids is 1. The minimum atomic E-state index is -0.0453. The van der Waals surface area contributed by atoms with Gasteiger partial charge < -0.3 is 10.1 Å². The minimum absolute atomic E-state index is 0.0224. The van der Waals surface area contributed by atoms with Crippen LogP contribution in [0.15, 0.2) is 12.1 Å². The Bertz CT molecular complexity index is 449. The SMILES string of the molecule is CC(=O)Nc1cc(C)c2c(c1)C(C)(C)CO2. The van der Waals surface area contributed by atoms with E-state index in [0.29, 0.717) is 6.61 Å². The molecule has 0 atom stereocenters. The average molecular weight is 219 g/mol. The smallest absolute Gasteiger partial charge is 0.221 e. The second-order valence-electron chi connectivity index (χ2n) is 5.02. The van der Waals surface area contributed by atoms with Crippen molar-refractivity contribution in [2.45, 2.75) is 33.1 Å². The molecule has 0 spiro atoms. The number of rotatable bonds is 1. The summed E-state index contributed by atoms with van der Waals surface area (Å²) in [7, 11) is 0. The van der Waals surface area contributed by atoms with Gasteiger partial charge in [0.15, 0.2) is 0 Å². The van der Waals surface area contributed by atoms with Crippen LogP contribution in [0.4, 0.5) is 5.69 Å². The number of fused-ring (bicyclic) bond motifs is 1. The van der Waals surface area contributed by atoms with E-state index in [4.69, 9.17) is 4.74 Å². The molecule has 1 N–H and O–H groups in total. The molecule has 0 aromatic heterocycles. The van der Waals surface area contributed by atoms with E-state index >= 15 is 0 Å². The first-order chi connectivity index (χ1) is 7.40. The molecule has 0 aliphatic carbocycles. The molecule has 0 unspecified atom stereocenters. The molecule has 1 amide bonds. The van der Waals surface area contributed by atoms with Gasteiger partial charge in [0.1, 0.15) is 5.75 Å². The van der Waals surface area contributed by atoms with E-state index in [1.165, 1.54) is 12.5 Å². The standard InChI is InChI=1S/C13H17NO2/c1-8-5-10(14-9(2)15)6-11-12(8)16-7-13(11,3)4/h5-6H,7H2,1-4H3,(H,14,15). The second-order valence-corrected chi connectivity index (χ2v) is 5.02. The maximum absolute atomic E-state index is 11.0. The zero-order valence-corrected chi connectivity index (χ0v) is 10.2. The lowest BCUT2D eigenvalue weighted by atomic mass is 9.86. The summed E-state index contributed by atoms with van der Waals surface area (Å²) in [4.78, 5) is 11.0. The van der Waals surface area contributed by atoms with E-state index in [1.54, 1.807) is 0 Å². The molecule has 1 heterocycles. The lowest BCUT2D eigenvalue weighted by molar-refractivity contribution is -0.114. The van der Waals surface area contributed by atoms with Gasteiger partial charge in [0.2, 0.25) is 5.91 Å². The zero-order valence-electron chi connectivity index (χ0n) is 10.2. The highest BCUT2D eigenvalue weighted by Gasteiger charge is 2.33. The predicted molar refractivity (Wildman–Crippen MR) is 64.0 cm³/mol. The number of nitrogens with one attached hydrogen (secondary N) is 1. The van der Waals surface area contributed by atoms with Crippen LogP contribution in [0.25, 0.3) is 0 Å². The third-order valence-electron chi connectivity index (χ3n) is 2.90. The van der Waals surface area contributed by atoms with Gasteiger partial charge in [0.05, 0.1) is 6.61 Å². The van der Waals surface area contributed by atoms with E-state index in [0.717, 1.165) is 17.0 Å². The number of hydrogen-bond acceptors (Lipinski definition) is 2. The highest BCUT2D eigenvalue weighted by atomic mass is 16.5. The monoisotopic (exact) mass is 219 g/mol. The molecule has 1 aliphatic heterocycles. The Kier molecular flexibility index (Phi) is 2.41. The molecule has 2 rings (SSSR count). The van der Waals surface area contributed by atoms with Crippen molar-refractivity contribution < 1.29 is 9.53 Å². The molecule has 0 saturated heterocycles. The van der Waals surface area contributed by atoms with E-state index < -0.39 is 0 Å². The van der Waals surface area contributed by atoms with E-state index in [9.17, 15) is 4.79 Å². The molecule has 0 radical (unpaired) electrons. The van der Waals surface area contributed by atoms with Gasteiger partial charge in [0, 0.05) is 23.6 Å². The van der Waals surface area contributed by atoms with Gasteiger partial charge in [-0.2, -0.15) is 0 Å². The van der Waals surface area contributed by atoms with Crippen LogP contribution in [0.5, 0.6) is 5.75 Å². The molecule has 3 nitrogen and oxygen atoms in total. The Morgan fingerprint density at radius 1 is 1.44 bits per heavy atom. The highest BCUT2D eigenvalue weighted by molar-refractivity contribution is 5.89. The lowest BCUT2D eigenvalue weighted by Gasteiger charge is -2.16. The summed E-state index contributed by atoms with van der Waals surface area (Å²) in [5, 5.41) is 2.82. The Hall–Kier alpha value is -1.51. The number of anilines is 1. The van der Waals surface area contributed by atoms with Crippen molar-refractivity contribution in [2.24, 2.45) is 0 Å². The largest absolute Gasteiger partial charge is 0.492 e. The Labute approximate surface area is 95.8 Å². The number of aryl methyl sites for hydroxylation is 1. The van der Waals surface area contributed by atoms with Crippen LogP contribution in [0.3, 0.4) is 0 Å². The maximum Gasteiger partial charge on any atom is 0.221 e. The third-order valence-corrected chi connectivity index (χ3v) is 2.90. The van der Waals surface area contributed by atoms with Gasteiger partial charge in [-0.3, -0.25) is 4.79 Å². The molecule has 0 saturated carbocycles. The van der Waals surface area contributed by atoms with E-state index in [2.05, 4.69) is 19.2 Å². The summed E-state index contributed by atoms with van der Waals surface area (Å²) in [6, 6.07) is 3.96. The van der Waals surface area contributed by atoms with Crippen LogP contribution in [-0.4, -0.2) is 12.5 Å². The van der Waals surface area contributed by atoms with Gasteiger partial charge in [-0.15, -0.1) is 0 Å². The molecule has 86 valence electrons. The molecular weight excluding hydrogens is 202 g/mol. The van der Waals surface area contributed by atoms with Crippen molar-refractivity contribution in [2.75, 3.05) is 11.9 Å². The van der Waals surface area contributed by atoms with Gasteiger partial charge in [-0.25, -0.2) is 0 Å². The summed E-state index contributed by atoms with van der Waals surface area (Å²) in [5.41, 5.74) is 3.12. The van der Waals surface area contributed by atoms with Crippen molar-refractivity contribution in [3.8, 4) is 5.75 Å². The van der Waals surface area contributed by atoms with Gasteiger partial charge >= 0.3 is 0 Å². The summed E-state index contributed by atoms with van der Waals surface area (Å²) >= 11 is 0. The zero-order chi connectivity index (χ0) is 11.9. The van der Waals surface area contributed by atoms with Crippen LogP contribution in [-0.2, 0) is 10.2 Å². The van der Waals surface area contributed by atoms with Gasteiger partial charge in [-0.1, -0.05) is 13.8 Å². The molecule has 1 aromatic carbocycles. The molecule has 0 fully saturated rings. The molecular formula is C13H17NO2. The fraction of sp³-hybridized carbons (Fsp3) is 0.462. The average Bonchev–Trinajstić information content (AvgIpc) is 2.42. The van der Waals surface area contributed by atoms with Crippen LogP contribution in [0.1, 0.15) is 31.9 Å². The Morgan fingerprint density at radius 3 is 2.75 bits per heavy atom. The molecule has 16 heavy (non-hydrogen) atoms. The van der Waals surface area contributed by atoms with Crippen LogP contribution in [0.2, 0.25) is 0 Å². The Balaban J connectivity index is 2.48. The van der Waals surface area contributed by atoms with Crippen molar-refractivity contribution >= 4 is 11.6 Å². The maximum atomic E-state index is 11.0. The second kappa shape index (κ2) is 3.51. The molecule has 1 aromatic rings. The summed E-state index contributed by atoms with van der Waals surface area (Å²) in [5.74, 6) is 0.926. The topological polar surface area (TPSA) is 38.3 Å². The normalized spacial score (nSPS) is 16.5. The first kappa shape index (κ1) is 11.0. The summed E-state index contributed by atoms with van der Waals surface area (Å²) < 4.78 is 5.69. The Morgan fingerprint density at radius 2 is 2.12 bits per heavy atom. The molecule has 0 bridgehead atoms. The number of hydrogen-bond donors (Lipinski definition) is 1. The number of ether oxygens (including phenoxy) is 1. The van der Waals surface area contributed by atoms with Crippen molar-refractivity contribution in [1.29, 1.82) is 0 Å². The van der Waals surface area contributed by atoms with Gasteiger partial charge in [-0.05, 0) is 24.6 Å². The summed E-state index contributed by atoms with van der Waals surface area (Å²) in [6.07, 6.45) is 0. The first-order valence-corrected chi connectivity index (χ1v) is 5.46. The van der Waals surface area contributed by atoms with Crippen LogP contribution >= 0.6 is 0 Å². The lowest BCUT2D eigenvalue weighted by Crippen LogP contribution is -2.18. The van der Waals surface area contributed by atoms with Crippen molar-refractivity contribution in [1.82, 2.24) is 0 Å². The molecule has 3 heteroatoms. The van der Waals surface area contributed by atoms with E-state index in [1.807, 2.05) is 19.1 Å². The fourth-order valence-electron chi connectivity index (χ4n) is 2.07. The number of amides is 1. The minimum Gasteiger partial charge on any atom is -0.492 e. The van der Waals surface area contributed by atoms with Crippen LogP contribution < -0.4 is 10.1 Å². The number of benzene rings is 1. The quantitative estimate of drug-likeness (QED) is 0.788. The third kappa shape index (κ3) is 1.77. The predicted octanol–water partition coefficient (Wildman–Crippen LogP) is 2.62. The van der Waals surface area contributed by atoms with Crippen molar-refractivity contribution in [3.63, 3.8) is 0 Å². The highest BCUT2D eigenvalue weighted by Crippen LogP contribution is 2.42. The number of carbonyl (C=O) groups is 1. The van der Waals surface area contributed by atoms with Crippen molar-refractivity contribution in [3.05, 3.63) is 23.3 Å². The first-order valence-electron chi connectivity index (χ1n) is 5.46. The fourth-order valence-corrected chi connectivity index (χ4v) is 2.07. The van der Waals surface area contributed by atoms with E-state index in [-0.39, 0.29) is 11.3 Å². The summed E-state index contributed by atoms with van der Waals surface area (Å²) in [6.45, 7) is 8.52. The van der Waals surface area contributed by atoms with Gasteiger partial charge in [0.25, 0.3) is 0 Å². The molecule has 1 aliphatic rings.